The van der Waals surface area contributed by atoms with E-state index in [0.29, 0.717) is 0 Å². The first-order valence-corrected chi connectivity index (χ1v) is 7.00. The van der Waals surface area contributed by atoms with E-state index in [1.165, 1.54) is 16.7 Å². The van der Waals surface area contributed by atoms with E-state index in [0.717, 1.165) is 17.5 Å². The third-order valence-electron chi connectivity index (χ3n) is 3.89. The monoisotopic (exact) mass is 271 g/mol. The van der Waals surface area contributed by atoms with E-state index in [4.69, 9.17) is 0 Å². The lowest BCUT2D eigenvalue weighted by molar-refractivity contribution is 0.533. The third-order valence-corrected chi connectivity index (χ3v) is 3.89. The molecule has 0 aliphatic rings. The number of aryl methyl sites for hydroxylation is 3. The van der Waals surface area contributed by atoms with Crippen molar-refractivity contribution in [2.45, 2.75) is 33.2 Å². The predicted octanol–water partition coefficient (Wildman–Crippen LogP) is 4.25. The van der Waals surface area contributed by atoms with Gasteiger partial charge in [0.1, 0.15) is 5.82 Å². The molecule has 0 aromatic heterocycles. The Balaban J connectivity index is 2.26. The highest BCUT2D eigenvalue weighted by molar-refractivity contribution is 5.32. The third kappa shape index (κ3) is 3.26. The predicted molar refractivity (Wildman–Crippen MR) is 82.6 cm³/mol. The second-order valence-electron chi connectivity index (χ2n) is 5.49. The van der Waals surface area contributed by atoms with Crippen LogP contribution < -0.4 is 5.32 Å². The maximum absolute atomic E-state index is 14.1. The Labute approximate surface area is 120 Å². The van der Waals surface area contributed by atoms with Gasteiger partial charge in [-0.3, -0.25) is 0 Å². The quantitative estimate of drug-likeness (QED) is 0.876. The molecule has 0 saturated carbocycles. The lowest BCUT2D eigenvalue weighted by Crippen LogP contribution is -2.20. The van der Waals surface area contributed by atoms with Crippen molar-refractivity contribution in [3.05, 3.63) is 70.0 Å². The van der Waals surface area contributed by atoms with Crippen LogP contribution in [0, 0.1) is 26.6 Å². The van der Waals surface area contributed by atoms with E-state index in [1.807, 2.05) is 26.1 Å². The highest BCUT2D eigenvalue weighted by Gasteiger charge is 2.14. The molecule has 0 aliphatic heterocycles. The topological polar surface area (TPSA) is 12.0 Å². The fraction of sp³-hybridized carbons (Fsp3) is 0.333. The molecule has 0 fully saturated rings. The van der Waals surface area contributed by atoms with Gasteiger partial charge in [0, 0.05) is 11.6 Å². The highest BCUT2D eigenvalue weighted by Crippen LogP contribution is 2.23. The Morgan fingerprint density at radius 3 is 2.35 bits per heavy atom. The van der Waals surface area contributed by atoms with Gasteiger partial charge in [0.25, 0.3) is 0 Å². The largest absolute Gasteiger partial charge is 0.313 e. The van der Waals surface area contributed by atoms with Gasteiger partial charge in [-0.25, -0.2) is 4.39 Å². The molecule has 0 heterocycles. The lowest BCUT2D eigenvalue weighted by atomic mass is 9.95. The van der Waals surface area contributed by atoms with Gasteiger partial charge in [-0.2, -0.15) is 0 Å². The first-order valence-electron chi connectivity index (χ1n) is 7.00. The Bertz CT molecular complexity index is 604. The summed E-state index contributed by atoms with van der Waals surface area (Å²) >= 11 is 0. The van der Waals surface area contributed by atoms with Gasteiger partial charge in [0.15, 0.2) is 0 Å². The minimum Gasteiger partial charge on any atom is -0.313 e. The molecule has 20 heavy (non-hydrogen) atoms. The van der Waals surface area contributed by atoms with Crippen LogP contribution in [0.1, 0.15) is 33.9 Å². The number of rotatable bonds is 4. The van der Waals surface area contributed by atoms with Crippen LogP contribution in [0.4, 0.5) is 4.39 Å². The van der Waals surface area contributed by atoms with Gasteiger partial charge < -0.3 is 5.32 Å². The van der Waals surface area contributed by atoms with E-state index >= 15 is 0 Å². The van der Waals surface area contributed by atoms with Gasteiger partial charge in [-0.1, -0.05) is 30.3 Å². The fourth-order valence-corrected chi connectivity index (χ4v) is 2.45. The van der Waals surface area contributed by atoms with Gasteiger partial charge in [-0.05, 0) is 62.6 Å². The standard InChI is InChI=1S/C18H22FN/c1-12-5-8-16(17(19)9-12)18(20-4)11-15-7-6-13(2)14(3)10-15/h5-10,18,20H,11H2,1-4H3. The van der Waals surface area contributed by atoms with Crippen molar-refractivity contribution >= 4 is 0 Å². The number of likely N-dealkylation sites (N-methyl/N-ethyl adjacent to an activating group) is 1. The summed E-state index contributed by atoms with van der Waals surface area (Å²) in [4.78, 5) is 0. The minimum absolute atomic E-state index is 0.00212. The van der Waals surface area contributed by atoms with Crippen LogP contribution in [0.25, 0.3) is 0 Å². The Kier molecular flexibility index (Phi) is 4.56. The van der Waals surface area contributed by atoms with E-state index < -0.39 is 0 Å². The number of hydrogen-bond donors (Lipinski definition) is 1. The van der Waals surface area contributed by atoms with Crippen LogP contribution in [0.5, 0.6) is 0 Å². The van der Waals surface area contributed by atoms with Crippen molar-refractivity contribution in [1.82, 2.24) is 5.32 Å². The van der Waals surface area contributed by atoms with Crippen molar-refractivity contribution < 1.29 is 4.39 Å². The van der Waals surface area contributed by atoms with Crippen LogP contribution in [0.15, 0.2) is 36.4 Å². The zero-order valence-corrected chi connectivity index (χ0v) is 12.6. The summed E-state index contributed by atoms with van der Waals surface area (Å²) in [5.74, 6) is -0.131. The zero-order valence-electron chi connectivity index (χ0n) is 12.6. The SMILES string of the molecule is CNC(Cc1ccc(C)c(C)c1)c1ccc(C)cc1F. The summed E-state index contributed by atoms with van der Waals surface area (Å²) < 4.78 is 14.1. The summed E-state index contributed by atoms with van der Waals surface area (Å²) in [6, 6.07) is 11.9. The van der Waals surface area contributed by atoms with E-state index in [1.54, 1.807) is 6.07 Å². The van der Waals surface area contributed by atoms with Gasteiger partial charge >= 0.3 is 0 Å². The maximum Gasteiger partial charge on any atom is 0.128 e. The summed E-state index contributed by atoms with van der Waals surface area (Å²) in [5, 5.41) is 3.22. The zero-order chi connectivity index (χ0) is 14.7. The molecule has 2 aromatic rings. The number of nitrogens with one attached hydrogen (secondary N) is 1. The molecular weight excluding hydrogens is 249 g/mol. The molecule has 0 bridgehead atoms. The molecule has 1 nitrogen and oxygen atoms in total. The Morgan fingerprint density at radius 1 is 1.00 bits per heavy atom. The fourth-order valence-electron chi connectivity index (χ4n) is 2.45. The van der Waals surface area contributed by atoms with Gasteiger partial charge in [0.2, 0.25) is 0 Å². The summed E-state index contributed by atoms with van der Waals surface area (Å²) in [6.07, 6.45) is 0.789. The molecule has 1 N–H and O–H groups in total. The van der Waals surface area contributed by atoms with Crippen molar-refractivity contribution in [3.63, 3.8) is 0 Å². The molecule has 1 unspecified atom stereocenters. The molecule has 2 heteroatoms. The smallest absolute Gasteiger partial charge is 0.128 e. The molecule has 0 aliphatic carbocycles. The van der Waals surface area contributed by atoms with E-state index in [2.05, 4.69) is 37.4 Å². The molecule has 2 aromatic carbocycles. The lowest BCUT2D eigenvalue weighted by Gasteiger charge is -2.18. The number of hydrogen-bond acceptors (Lipinski definition) is 1. The van der Waals surface area contributed by atoms with Gasteiger partial charge in [0.05, 0.1) is 0 Å². The first kappa shape index (κ1) is 14.7. The highest BCUT2D eigenvalue weighted by atomic mass is 19.1. The van der Waals surface area contributed by atoms with E-state index in [-0.39, 0.29) is 11.9 Å². The van der Waals surface area contributed by atoms with Crippen molar-refractivity contribution in [2.75, 3.05) is 7.05 Å². The van der Waals surface area contributed by atoms with E-state index in [9.17, 15) is 4.39 Å². The van der Waals surface area contributed by atoms with Crippen LogP contribution in [-0.2, 0) is 6.42 Å². The van der Waals surface area contributed by atoms with Crippen LogP contribution in [0.2, 0.25) is 0 Å². The van der Waals surface area contributed by atoms with Gasteiger partial charge in [-0.15, -0.1) is 0 Å². The molecule has 0 spiro atoms. The molecule has 0 amide bonds. The van der Waals surface area contributed by atoms with Crippen LogP contribution >= 0.6 is 0 Å². The first-order chi connectivity index (χ1) is 9.51. The summed E-state index contributed by atoms with van der Waals surface area (Å²) in [5.41, 5.74) is 5.48. The second kappa shape index (κ2) is 6.19. The maximum atomic E-state index is 14.1. The normalized spacial score (nSPS) is 12.4. The number of halogens is 1. The Morgan fingerprint density at radius 2 is 1.75 bits per heavy atom. The molecule has 2 rings (SSSR count). The summed E-state index contributed by atoms with van der Waals surface area (Å²) in [6.45, 7) is 6.12. The molecule has 106 valence electrons. The average molecular weight is 271 g/mol. The van der Waals surface area contributed by atoms with Crippen molar-refractivity contribution in [1.29, 1.82) is 0 Å². The minimum atomic E-state index is -0.131. The molecule has 0 radical (unpaired) electrons. The van der Waals surface area contributed by atoms with Crippen molar-refractivity contribution in [3.8, 4) is 0 Å². The van der Waals surface area contributed by atoms with Crippen LogP contribution in [-0.4, -0.2) is 7.05 Å². The second-order valence-corrected chi connectivity index (χ2v) is 5.49. The van der Waals surface area contributed by atoms with Crippen molar-refractivity contribution in [2.24, 2.45) is 0 Å². The summed E-state index contributed by atoms with van der Waals surface area (Å²) in [7, 11) is 1.88. The number of benzene rings is 2. The average Bonchev–Trinajstić information content (AvgIpc) is 2.41. The van der Waals surface area contributed by atoms with Crippen LogP contribution in [0.3, 0.4) is 0 Å². The Hall–Kier alpha value is -1.67. The molecule has 0 saturated heterocycles. The molecule has 1 atom stereocenters. The molecular formula is C18H22FN.